The van der Waals surface area contributed by atoms with E-state index in [0.717, 1.165) is 39.0 Å². The molecule has 0 radical (unpaired) electrons. The van der Waals surface area contributed by atoms with E-state index in [-0.39, 0.29) is 5.54 Å². The molecule has 2 heterocycles. The van der Waals surface area contributed by atoms with Crippen LogP contribution in [0.15, 0.2) is 0 Å². The summed E-state index contributed by atoms with van der Waals surface area (Å²) >= 11 is 0. The van der Waals surface area contributed by atoms with Crippen LogP contribution in [0.25, 0.3) is 0 Å². The predicted octanol–water partition coefficient (Wildman–Crippen LogP) is 0.339. The largest absolute Gasteiger partial charge is 0.338 e. The van der Waals surface area contributed by atoms with Gasteiger partial charge in [0.2, 0.25) is 5.91 Å². The smallest absolute Gasteiger partial charge is 0.242 e. The summed E-state index contributed by atoms with van der Waals surface area (Å²) in [5.41, 5.74) is -0.310. The zero-order valence-corrected chi connectivity index (χ0v) is 10.4. The molecular weight excluding hydrogens is 202 g/mol. The normalized spacial score (nSPS) is 36.1. The molecule has 0 saturated carbocycles. The lowest BCUT2D eigenvalue weighted by Gasteiger charge is -2.41. The van der Waals surface area contributed by atoms with E-state index in [4.69, 9.17) is 0 Å². The minimum Gasteiger partial charge on any atom is -0.338 e. The van der Waals surface area contributed by atoms with Crippen molar-refractivity contribution in [2.24, 2.45) is 0 Å². The molecule has 2 aliphatic heterocycles. The van der Waals surface area contributed by atoms with E-state index in [9.17, 15) is 4.79 Å². The Morgan fingerprint density at radius 3 is 2.81 bits per heavy atom. The maximum Gasteiger partial charge on any atom is 0.242 e. The van der Waals surface area contributed by atoms with Crippen molar-refractivity contribution in [3.8, 4) is 0 Å². The predicted molar refractivity (Wildman–Crippen MR) is 64.3 cm³/mol. The summed E-state index contributed by atoms with van der Waals surface area (Å²) in [4.78, 5) is 14.5. The molecule has 2 unspecified atom stereocenters. The van der Waals surface area contributed by atoms with E-state index < -0.39 is 0 Å². The summed E-state index contributed by atoms with van der Waals surface area (Å²) in [6, 6.07) is 0.421. The number of piperazine rings is 1. The molecule has 2 N–H and O–H groups in total. The van der Waals surface area contributed by atoms with Crippen LogP contribution in [0.5, 0.6) is 0 Å². The molecule has 0 aromatic carbocycles. The van der Waals surface area contributed by atoms with Crippen LogP contribution in [0.3, 0.4) is 0 Å². The lowest BCUT2D eigenvalue weighted by molar-refractivity contribution is -0.139. The average molecular weight is 225 g/mol. The van der Waals surface area contributed by atoms with Crippen LogP contribution in [0, 0.1) is 0 Å². The number of amides is 1. The number of nitrogens with zero attached hydrogens (tertiary/aromatic N) is 1. The second-order valence-corrected chi connectivity index (χ2v) is 5.32. The van der Waals surface area contributed by atoms with Gasteiger partial charge in [0.1, 0.15) is 0 Å². The van der Waals surface area contributed by atoms with Gasteiger partial charge in [-0.3, -0.25) is 4.79 Å². The highest BCUT2D eigenvalue weighted by Crippen LogP contribution is 2.21. The van der Waals surface area contributed by atoms with Crippen molar-refractivity contribution in [1.29, 1.82) is 0 Å². The number of carbonyl (C=O) groups excluding carboxylic acids is 1. The summed E-state index contributed by atoms with van der Waals surface area (Å²) in [5.74, 6) is 0.292. The van der Waals surface area contributed by atoms with E-state index >= 15 is 0 Å². The summed E-state index contributed by atoms with van der Waals surface area (Å²) in [7, 11) is 0. The molecule has 0 bridgehead atoms. The minimum absolute atomic E-state index is 0.292. The number of nitrogens with one attached hydrogen (secondary N) is 2. The summed E-state index contributed by atoms with van der Waals surface area (Å²) in [5, 5.41) is 6.76. The first kappa shape index (κ1) is 11.9. The number of hydrogen-bond acceptors (Lipinski definition) is 3. The van der Waals surface area contributed by atoms with Gasteiger partial charge in [-0.15, -0.1) is 0 Å². The molecule has 2 rings (SSSR count). The van der Waals surface area contributed by atoms with E-state index in [1.54, 1.807) is 0 Å². The van der Waals surface area contributed by atoms with Crippen molar-refractivity contribution >= 4 is 5.91 Å². The van der Waals surface area contributed by atoms with Gasteiger partial charge >= 0.3 is 0 Å². The molecule has 4 nitrogen and oxygen atoms in total. The van der Waals surface area contributed by atoms with Gasteiger partial charge in [0.25, 0.3) is 0 Å². The molecule has 1 amide bonds. The van der Waals surface area contributed by atoms with Crippen LogP contribution in [0.2, 0.25) is 0 Å². The Bertz CT molecular complexity index is 261. The fourth-order valence-electron chi connectivity index (χ4n) is 2.70. The molecule has 0 aromatic heterocycles. The molecule has 4 heteroatoms. The zero-order chi connectivity index (χ0) is 11.6. The van der Waals surface area contributed by atoms with Gasteiger partial charge in [-0.2, -0.15) is 0 Å². The van der Waals surface area contributed by atoms with Gasteiger partial charge in [-0.05, 0) is 39.7 Å². The average Bonchev–Trinajstić information content (AvgIpc) is 2.29. The third-order valence-corrected chi connectivity index (χ3v) is 3.75. The van der Waals surface area contributed by atoms with Gasteiger partial charge in [-0.25, -0.2) is 0 Å². The number of rotatable bonds is 1. The lowest BCUT2D eigenvalue weighted by atomic mass is 9.89. The van der Waals surface area contributed by atoms with Crippen LogP contribution in [-0.4, -0.2) is 48.6 Å². The van der Waals surface area contributed by atoms with Crippen molar-refractivity contribution in [3.05, 3.63) is 0 Å². The fraction of sp³-hybridized carbons (Fsp3) is 0.917. The van der Waals surface area contributed by atoms with Crippen molar-refractivity contribution in [1.82, 2.24) is 15.5 Å². The van der Waals surface area contributed by atoms with Crippen LogP contribution in [0.1, 0.15) is 33.1 Å². The van der Waals surface area contributed by atoms with Crippen LogP contribution >= 0.6 is 0 Å². The quantitative estimate of drug-likeness (QED) is 0.676. The Balaban J connectivity index is 1.99. The molecule has 2 aliphatic rings. The SMILES string of the molecule is CC1CN(C(=O)C2(C)CCCCN2)CCN1. The highest BCUT2D eigenvalue weighted by Gasteiger charge is 2.38. The Morgan fingerprint density at radius 2 is 2.19 bits per heavy atom. The van der Waals surface area contributed by atoms with E-state index in [1.807, 2.05) is 4.90 Å². The molecule has 0 spiro atoms. The Morgan fingerprint density at radius 1 is 1.38 bits per heavy atom. The molecular formula is C12H23N3O. The van der Waals surface area contributed by atoms with Gasteiger partial charge in [-0.1, -0.05) is 0 Å². The minimum atomic E-state index is -0.310. The zero-order valence-electron chi connectivity index (χ0n) is 10.4. The summed E-state index contributed by atoms with van der Waals surface area (Å²) < 4.78 is 0. The molecule has 0 aliphatic carbocycles. The third kappa shape index (κ3) is 2.38. The Hall–Kier alpha value is -0.610. The van der Waals surface area contributed by atoms with Gasteiger partial charge in [0, 0.05) is 25.7 Å². The maximum atomic E-state index is 12.5. The highest BCUT2D eigenvalue weighted by molar-refractivity contribution is 5.86. The Kier molecular flexibility index (Phi) is 3.50. The summed E-state index contributed by atoms with van der Waals surface area (Å²) in [6.07, 6.45) is 3.34. The first-order valence-corrected chi connectivity index (χ1v) is 6.40. The fourth-order valence-corrected chi connectivity index (χ4v) is 2.70. The van der Waals surface area contributed by atoms with Gasteiger partial charge in [0.05, 0.1) is 5.54 Å². The van der Waals surface area contributed by atoms with Crippen molar-refractivity contribution < 1.29 is 4.79 Å². The second-order valence-electron chi connectivity index (χ2n) is 5.32. The first-order valence-electron chi connectivity index (χ1n) is 6.40. The van der Waals surface area contributed by atoms with Crippen LogP contribution in [0.4, 0.5) is 0 Å². The number of piperidine rings is 1. The van der Waals surface area contributed by atoms with E-state index in [0.29, 0.717) is 11.9 Å². The van der Waals surface area contributed by atoms with Crippen LogP contribution in [-0.2, 0) is 4.79 Å². The van der Waals surface area contributed by atoms with Crippen molar-refractivity contribution in [2.75, 3.05) is 26.2 Å². The maximum absolute atomic E-state index is 12.5. The monoisotopic (exact) mass is 225 g/mol. The first-order chi connectivity index (χ1) is 7.62. The molecule has 2 atom stereocenters. The Labute approximate surface area is 97.8 Å². The molecule has 2 saturated heterocycles. The topological polar surface area (TPSA) is 44.4 Å². The van der Waals surface area contributed by atoms with E-state index in [1.165, 1.54) is 6.42 Å². The van der Waals surface area contributed by atoms with Crippen LogP contribution < -0.4 is 10.6 Å². The number of hydrogen-bond donors (Lipinski definition) is 2. The van der Waals surface area contributed by atoms with Crippen molar-refractivity contribution in [2.45, 2.75) is 44.7 Å². The van der Waals surface area contributed by atoms with E-state index in [2.05, 4.69) is 24.5 Å². The third-order valence-electron chi connectivity index (χ3n) is 3.75. The highest BCUT2D eigenvalue weighted by atomic mass is 16.2. The van der Waals surface area contributed by atoms with Gasteiger partial charge in [0.15, 0.2) is 0 Å². The second kappa shape index (κ2) is 4.72. The molecule has 16 heavy (non-hydrogen) atoms. The standard InChI is InChI=1S/C12H23N3O/c1-10-9-15(8-7-13-10)11(16)12(2)5-3-4-6-14-12/h10,13-14H,3-9H2,1-2H3. The molecule has 0 aromatic rings. The summed E-state index contributed by atoms with van der Waals surface area (Å²) in [6.45, 7) is 7.78. The molecule has 92 valence electrons. The number of carbonyl (C=O) groups is 1. The van der Waals surface area contributed by atoms with Crippen molar-refractivity contribution in [3.63, 3.8) is 0 Å². The van der Waals surface area contributed by atoms with Gasteiger partial charge < -0.3 is 15.5 Å². The molecule has 2 fully saturated rings. The lowest BCUT2D eigenvalue weighted by Crippen LogP contribution is -2.62.